The first-order valence-corrected chi connectivity index (χ1v) is 17.7. The van der Waals surface area contributed by atoms with E-state index in [-0.39, 0.29) is 34.7 Å². The molecule has 0 spiro atoms. The Labute approximate surface area is 216 Å². The van der Waals surface area contributed by atoms with Crippen LogP contribution in [0.25, 0.3) is 0 Å². The quantitative estimate of drug-likeness (QED) is 0.364. The first-order chi connectivity index (χ1) is 16.2. The Morgan fingerprint density at radius 1 is 1.00 bits per heavy atom. The Hall–Kier alpha value is 0.0569. The summed E-state index contributed by atoms with van der Waals surface area (Å²) in [6, 6.07) is 0. The number of hydrogen-bond acceptors (Lipinski definition) is 4. The minimum absolute atomic E-state index is 0.108. The fourth-order valence-corrected chi connectivity index (χ4v) is 10.8. The summed E-state index contributed by atoms with van der Waals surface area (Å²) in [7, 11) is -1.81. The van der Waals surface area contributed by atoms with Gasteiger partial charge in [0.25, 0.3) is 0 Å². The van der Waals surface area contributed by atoms with Crippen molar-refractivity contribution in [2.24, 2.45) is 46.3 Å². The second-order valence-electron chi connectivity index (χ2n) is 15.2. The molecule has 4 saturated carbocycles. The van der Waals surface area contributed by atoms with Crippen LogP contribution in [0.15, 0.2) is 0 Å². The zero-order valence-electron chi connectivity index (χ0n) is 24.0. The molecule has 0 radical (unpaired) electrons. The second kappa shape index (κ2) is 9.66. The third-order valence-corrected chi connectivity index (χ3v) is 17.1. The lowest BCUT2D eigenvalue weighted by atomic mass is 9.43. The van der Waals surface area contributed by atoms with Gasteiger partial charge >= 0.3 is 0 Å². The van der Waals surface area contributed by atoms with Crippen molar-refractivity contribution in [1.82, 2.24) is 0 Å². The summed E-state index contributed by atoms with van der Waals surface area (Å²) in [5, 5.41) is 33.0. The molecule has 5 heteroatoms. The highest BCUT2D eigenvalue weighted by molar-refractivity contribution is 6.74. The Morgan fingerprint density at radius 2 is 1.69 bits per heavy atom. The molecule has 0 aromatic rings. The number of fused-ring (bicyclic) bond motifs is 5. The van der Waals surface area contributed by atoms with Gasteiger partial charge in [0.2, 0.25) is 0 Å². The molecule has 0 amide bonds. The van der Waals surface area contributed by atoms with Crippen LogP contribution < -0.4 is 0 Å². The fourth-order valence-electron chi connectivity index (χ4n) is 9.43. The molecule has 0 heterocycles. The van der Waals surface area contributed by atoms with Gasteiger partial charge in [-0.2, -0.15) is 0 Å². The molecule has 35 heavy (non-hydrogen) atoms. The molecule has 11 atom stereocenters. The molecule has 4 rings (SSSR count). The van der Waals surface area contributed by atoms with E-state index in [2.05, 4.69) is 54.6 Å². The Morgan fingerprint density at radius 3 is 2.31 bits per heavy atom. The first kappa shape index (κ1) is 28.1. The van der Waals surface area contributed by atoms with Crippen LogP contribution in [-0.2, 0) is 4.43 Å². The molecule has 4 aliphatic carbocycles. The van der Waals surface area contributed by atoms with Crippen molar-refractivity contribution in [2.45, 2.75) is 136 Å². The standard InChI is InChI=1S/C30H56O4Si/c1-19(10-9-15-31)22-11-12-23-27-24(18-26(33)30(22,23)6)29(5)14-13-21(16-20(29)17-25(27)32)34-35(7,8)28(2,3)4/h19-27,31-33H,9-18H2,1-8H3/t19-,20?,21-,22-,23+,24+,25-,26+,27+,29+,30-/m1/s1. The fraction of sp³-hybridized carbons (Fsp3) is 1.00. The number of aliphatic hydroxyl groups excluding tert-OH is 3. The monoisotopic (exact) mass is 508 g/mol. The van der Waals surface area contributed by atoms with E-state index in [1.165, 1.54) is 0 Å². The second-order valence-corrected chi connectivity index (χ2v) is 20.0. The van der Waals surface area contributed by atoms with E-state index in [0.717, 1.165) is 57.8 Å². The minimum Gasteiger partial charge on any atom is -0.414 e. The Kier molecular flexibility index (Phi) is 7.75. The van der Waals surface area contributed by atoms with Gasteiger partial charge in [0, 0.05) is 12.7 Å². The predicted molar refractivity (Wildman–Crippen MR) is 146 cm³/mol. The van der Waals surface area contributed by atoms with Crippen molar-refractivity contribution in [3.63, 3.8) is 0 Å². The Bertz CT molecular complexity index is 749. The van der Waals surface area contributed by atoms with E-state index in [1.807, 2.05) is 0 Å². The van der Waals surface area contributed by atoms with E-state index >= 15 is 0 Å². The molecule has 0 aliphatic heterocycles. The lowest BCUT2D eigenvalue weighted by Gasteiger charge is -2.64. The third kappa shape index (κ3) is 4.62. The highest BCUT2D eigenvalue weighted by Gasteiger charge is 2.65. The maximum atomic E-state index is 11.8. The Balaban J connectivity index is 1.53. The summed E-state index contributed by atoms with van der Waals surface area (Å²) in [5.74, 6) is 2.62. The first-order valence-electron chi connectivity index (χ1n) is 14.8. The number of aliphatic hydroxyl groups is 3. The molecule has 1 unspecified atom stereocenters. The summed E-state index contributed by atoms with van der Waals surface area (Å²) in [6.07, 6.45) is 9.05. The lowest BCUT2D eigenvalue weighted by molar-refractivity contribution is -0.206. The summed E-state index contributed by atoms with van der Waals surface area (Å²) >= 11 is 0. The zero-order valence-corrected chi connectivity index (χ0v) is 25.0. The normalized spacial score (nSPS) is 47.1. The molecule has 4 nitrogen and oxygen atoms in total. The van der Waals surface area contributed by atoms with Crippen LogP contribution in [0.2, 0.25) is 18.1 Å². The van der Waals surface area contributed by atoms with Gasteiger partial charge < -0.3 is 19.7 Å². The maximum Gasteiger partial charge on any atom is 0.192 e. The van der Waals surface area contributed by atoms with Crippen LogP contribution in [0, 0.1) is 46.3 Å². The molecular weight excluding hydrogens is 452 g/mol. The third-order valence-electron chi connectivity index (χ3n) is 12.6. The number of hydrogen-bond donors (Lipinski definition) is 3. The minimum atomic E-state index is -1.81. The van der Waals surface area contributed by atoms with E-state index in [0.29, 0.717) is 41.6 Å². The molecular formula is C30H56O4Si. The molecule has 4 fully saturated rings. The summed E-state index contributed by atoms with van der Waals surface area (Å²) in [5.41, 5.74) is 0.0863. The molecule has 0 bridgehead atoms. The van der Waals surface area contributed by atoms with Crippen LogP contribution >= 0.6 is 0 Å². The van der Waals surface area contributed by atoms with Gasteiger partial charge in [-0.25, -0.2) is 0 Å². The van der Waals surface area contributed by atoms with Gasteiger partial charge in [-0.1, -0.05) is 41.5 Å². The predicted octanol–water partition coefficient (Wildman–Crippen LogP) is 6.39. The van der Waals surface area contributed by atoms with Crippen LogP contribution in [-0.4, -0.2) is 48.6 Å². The van der Waals surface area contributed by atoms with Crippen LogP contribution in [0.4, 0.5) is 0 Å². The summed E-state index contributed by atoms with van der Waals surface area (Å²) < 4.78 is 6.88. The molecule has 0 aromatic carbocycles. The topological polar surface area (TPSA) is 69.9 Å². The average Bonchev–Trinajstić information content (AvgIpc) is 3.11. The van der Waals surface area contributed by atoms with E-state index in [4.69, 9.17) is 4.43 Å². The lowest BCUT2D eigenvalue weighted by Crippen LogP contribution is -2.62. The van der Waals surface area contributed by atoms with Gasteiger partial charge in [0.15, 0.2) is 8.32 Å². The largest absolute Gasteiger partial charge is 0.414 e. The van der Waals surface area contributed by atoms with Crippen LogP contribution in [0.1, 0.15) is 99.3 Å². The highest BCUT2D eigenvalue weighted by atomic mass is 28.4. The summed E-state index contributed by atoms with van der Waals surface area (Å²) in [4.78, 5) is 0. The van der Waals surface area contributed by atoms with Crippen molar-refractivity contribution in [2.75, 3.05) is 6.61 Å². The summed E-state index contributed by atoms with van der Waals surface area (Å²) in [6.45, 7) is 19.1. The molecule has 204 valence electrons. The van der Waals surface area contributed by atoms with Crippen molar-refractivity contribution in [3.8, 4) is 0 Å². The highest BCUT2D eigenvalue weighted by Crippen LogP contribution is 2.68. The van der Waals surface area contributed by atoms with E-state index in [9.17, 15) is 15.3 Å². The zero-order chi connectivity index (χ0) is 26.0. The SMILES string of the molecule is C[C@H](CCCO)[C@H]1CC[C@H]2[C@@H]3[C@H](O)CC4C[C@H](O[Si](C)(C)C(C)(C)C)CC[C@]4(C)[C@H]3C[C@H](O)[C@]12C. The smallest absolute Gasteiger partial charge is 0.192 e. The van der Waals surface area contributed by atoms with Crippen LogP contribution in [0.3, 0.4) is 0 Å². The average molecular weight is 509 g/mol. The van der Waals surface area contributed by atoms with Crippen molar-refractivity contribution >= 4 is 8.32 Å². The van der Waals surface area contributed by atoms with E-state index < -0.39 is 8.32 Å². The van der Waals surface area contributed by atoms with Gasteiger partial charge in [-0.3, -0.25) is 0 Å². The number of rotatable bonds is 6. The van der Waals surface area contributed by atoms with Crippen LogP contribution in [0.5, 0.6) is 0 Å². The van der Waals surface area contributed by atoms with Crippen molar-refractivity contribution < 1.29 is 19.7 Å². The molecule has 0 saturated heterocycles. The van der Waals surface area contributed by atoms with Crippen molar-refractivity contribution in [1.29, 1.82) is 0 Å². The van der Waals surface area contributed by atoms with Gasteiger partial charge in [-0.05, 0) is 122 Å². The molecule has 4 aliphatic rings. The van der Waals surface area contributed by atoms with Crippen molar-refractivity contribution in [3.05, 3.63) is 0 Å². The van der Waals surface area contributed by atoms with Gasteiger partial charge in [0.05, 0.1) is 12.2 Å². The van der Waals surface area contributed by atoms with E-state index in [1.54, 1.807) is 0 Å². The molecule has 3 N–H and O–H groups in total. The maximum absolute atomic E-state index is 11.8. The molecule has 0 aromatic heterocycles. The van der Waals surface area contributed by atoms with Gasteiger partial charge in [0.1, 0.15) is 0 Å². The van der Waals surface area contributed by atoms with Gasteiger partial charge in [-0.15, -0.1) is 0 Å².